The molecule has 0 aromatic carbocycles. The molecule has 0 unspecified atom stereocenters. The minimum absolute atomic E-state index is 0.0654. The van der Waals surface area contributed by atoms with Crippen LogP contribution in [0.25, 0.3) is 0 Å². The monoisotopic (exact) mass is 247 g/mol. The van der Waals surface area contributed by atoms with E-state index < -0.39 is 21.5 Å². The fraction of sp³-hybridized carbons (Fsp3) is 0.500. The van der Waals surface area contributed by atoms with E-state index >= 15 is 0 Å². The molecule has 0 aliphatic carbocycles. The third-order valence-corrected chi connectivity index (χ3v) is 3.53. The second-order valence-electron chi connectivity index (χ2n) is 3.89. The van der Waals surface area contributed by atoms with Gasteiger partial charge < -0.3 is 5.11 Å². The predicted octanol–water partition coefficient (Wildman–Crippen LogP) is -0.438. The highest BCUT2D eigenvalue weighted by molar-refractivity contribution is 7.89. The molecular weight excluding hydrogens is 234 g/mol. The zero-order valence-electron chi connectivity index (χ0n) is 9.13. The average Bonchev–Trinajstić information content (AvgIpc) is 2.50. The van der Waals surface area contributed by atoms with Crippen LogP contribution in [0, 0.1) is 0 Å². The van der Waals surface area contributed by atoms with Gasteiger partial charge in [-0.15, -0.1) is 0 Å². The first-order valence-electron chi connectivity index (χ1n) is 4.41. The van der Waals surface area contributed by atoms with Crippen LogP contribution in [0.15, 0.2) is 17.3 Å². The van der Waals surface area contributed by atoms with Crippen LogP contribution < -0.4 is 4.72 Å². The van der Waals surface area contributed by atoms with Gasteiger partial charge in [-0.2, -0.15) is 9.82 Å². The van der Waals surface area contributed by atoms with E-state index in [1.807, 2.05) is 0 Å². The first-order valence-corrected chi connectivity index (χ1v) is 5.89. The van der Waals surface area contributed by atoms with E-state index in [1.165, 1.54) is 24.7 Å². The van der Waals surface area contributed by atoms with Crippen molar-refractivity contribution in [2.24, 2.45) is 7.05 Å². The molecule has 0 atom stereocenters. The van der Waals surface area contributed by atoms with E-state index in [2.05, 4.69) is 9.82 Å². The van der Waals surface area contributed by atoms with Gasteiger partial charge in [0.2, 0.25) is 10.0 Å². The Balaban J connectivity index is 3.02. The van der Waals surface area contributed by atoms with Gasteiger partial charge in [0, 0.05) is 13.2 Å². The molecule has 8 heteroatoms. The Labute approximate surface area is 93.1 Å². The summed E-state index contributed by atoms with van der Waals surface area (Å²) in [5.74, 6) is -1.25. The maximum Gasteiger partial charge on any atom is 0.324 e. The summed E-state index contributed by atoms with van der Waals surface area (Å²) in [5.41, 5.74) is -1.56. The fourth-order valence-corrected chi connectivity index (χ4v) is 2.33. The number of carboxylic acids is 1. The van der Waals surface area contributed by atoms with Crippen LogP contribution >= 0.6 is 0 Å². The molecule has 90 valence electrons. The van der Waals surface area contributed by atoms with E-state index in [1.54, 1.807) is 7.05 Å². The molecule has 16 heavy (non-hydrogen) atoms. The van der Waals surface area contributed by atoms with Gasteiger partial charge in [-0.05, 0) is 13.8 Å². The van der Waals surface area contributed by atoms with E-state index in [4.69, 9.17) is 5.11 Å². The normalized spacial score (nSPS) is 12.7. The molecule has 0 saturated carbocycles. The van der Waals surface area contributed by atoms with Crippen LogP contribution in [0.4, 0.5) is 0 Å². The zero-order chi connectivity index (χ0) is 12.6. The van der Waals surface area contributed by atoms with Gasteiger partial charge in [0.05, 0.1) is 6.20 Å². The van der Waals surface area contributed by atoms with Crippen molar-refractivity contribution >= 4 is 16.0 Å². The molecule has 0 spiro atoms. The Morgan fingerprint density at radius 3 is 2.50 bits per heavy atom. The van der Waals surface area contributed by atoms with Crippen molar-refractivity contribution in [3.8, 4) is 0 Å². The SMILES string of the molecule is Cn1cc(S(=O)(=O)NC(C)(C)C(=O)O)cn1. The molecule has 0 fully saturated rings. The van der Waals surface area contributed by atoms with Gasteiger partial charge in [0.15, 0.2) is 0 Å². The van der Waals surface area contributed by atoms with Crippen LogP contribution in [0.2, 0.25) is 0 Å². The third-order valence-electron chi connectivity index (χ3n) is 1.92. The van der Waals surface area contributed by atoms with E-state index in [0.29, 0.717) is 0 Å². The van der Waals surface area contributed by atoms with Crippen LogP contribution in [0.5, 0.6) is 0 Å². The van der Waals surface area contributed by atoms with Crippen LogP contribution in [0.3, 0.4) is 0 Å². The van der Waals surface area contributed by atoms with Gasteiger partial charge in [-0.3, -0.25) is 9.48 Å². The second kappa shape index (κ2) is 3.87. The summed E-state index contributed by atoms with van der Waals surface area (Å²) >= 11 is 0. The number of aliphatic carboxylic acids is 1. The lowest BCUT2D eigenvalue weighted by atomic mass is 10.1. The number of aromatic nitrogens is 2. The Bertz CT molecular complexity index is 503. The first kappa shape index (κ1) is 12.7. The smallest absolute Gasteiger partial charge is 0.324 e. The summed E-state index contributed by atoms with van der Waals surface area (Å²) in [5, 5.41) is 12.5. The van der Waals surface area contributed by atoms with Crippen molar-refractivity contribution in [3.63, 3.8) is 0 Å². The molecule has 0 radical (unpaired) electrons. The number of rotatable bonds is 4. The van der Waals surface area contributed by atoms with Gasteiger partial charge in [0.1, 0.15) is 10.4 Å². The molecule has 0 saturated heterocycles. The van der Waals surface area contributed by atoms with Crippen LogP contribution in [-0.2, 0) is 21.9 Å². The lowest BCUT2D eigenvalue weighted by Crippen LogP contribution is -2.49. The number of hydrogen-bond acceptors (Lipinski definition) is 4. The van der Waals surface area contributed by atoms with E-state index in [-0.39, 0.29) is 4.90 Å². The maximum absolute atomic E-state index is 11.7. The Morgan fingerprint density at radius 2 is 2.12 bits per heavy atom. The molecule has 1 heterocycles. The Kier molecular flexibility index (Phi) is 3.06. The molecule has 1 rings (SSSR count). The van der Waals surface area contributed by atoms with Crippen LogP contribution in [-0.4, -0.2) is 34.8 Å². The lowest BCUT2D eigenvalue weighted by Gasteiger charge is -2.19. The summed E-state index contributed by atoms with van der Waals surface area (Å²) in [6, 6.07) is 0. The van der Waals surface area contributed by atoms with Crippen molar-refractivity contribution in [2.75, 3.05) is 0 Å². The molecule has 7 nitrogen and oxygen atoms in total. The van der Waals surface area contributed by atoms with Crippen molar-refractivity contribution in [1.82, 2.24) is 14.5 Å². The summed E-state index contributed by atoms with van der Waals surface area (Å²) < 4.78 is 26.9. The Hall–Kier alpha value is -1.41. The molecule has 0 bridgehead atoms. The number of carbonyl (C=O) groups is 1. The summed E-state index contributed by atoms with van der Waals surface area (Å²) in [6.45, 7) is 2.53. The minimum atomic E-state index is -3.86. The van der Waals surface area contributed by atoms with Gasteiger partial charge >= 0.3 is 5.97 Å². The van der Waals surface area contributed by atoms with Gasteiger partial charge in [0.25, 0.3) is 0 Å². The highest BCUT2D eigenvalue weighted by Crippen LogP contribution is 2.11. The van der Waals surface area contributed by atoms with E-state index in [0.717, 1.165) is 6.20 Å². The molecular formula is C8H13N3O4S. The molecule has 0 aliphatic heterocycles. The average molecular weight is 247 g/mol. The molecule has 1 aromatic heterocycles. The summed E-state index contributed by atoms with van der Waals surface area (Å²) in [6.07, 6.45) is 2.44. The minimum Gasteiger partial charge on any atom is -0.480 e. The second-order valence-corrected chi connectivity index (χ2v) is 5.57. The summed E-state index contributed by atoms with van der Waals surface area (Å²) in [7, 11) is -2.29. The number of aryl methyl sites for hydroxylation is 1. The first-order chi connectivity index (χ1) is 7.15. The molecule has 2 N–H and O–H groups in total. The van der Waals surface area contributed by atoms with Crippen molar-refractivity contribution in [2.45, 2.75) is 24.3 Å². The van der Waals surface area contributed by atoms with Crippen molar-refractivity contribution in [3.05, 3.63) is 12.4 Å². The lowest BCUT2D eigenvalue weighted by molar-refractivity contribution is -0.142. The van der Waals surface area contributed by atoms with Gasteiger partial charge in [-0.25, -0.2) is 8.42 Å². The number of nitrogens with zero attached hydrogens (tertiary/aromatic N) is 2. The number of nitrogens with one attached hydrogen (secondary N) is 1. The third kappa shape index (κ3) is 2.58. The van der Waals surface area contributed by atoms with Crippen molar-refractivity contribution in [1.29, 1.82) is 0 Å². The largest absolute Gasteiger partial charge is 0.480 e. The quantitative estimate of drug-likeness (QED) is 0.751. The topological polar surface area (TPSA) is 101 Å². The number of hydrogen-bond donors (Lipinski definition) is 2. The summed E-state index contributed by atoms with van der Waals surface area (Å²) in [4.78, 5) is 10.7. The maximum atomic E-state index is 11.7. The number of carboxylic acid groups (broad SMARTS) is 1. The fourth-order valence-electron chi connectivity index (χ4n) is 0.976. The zero-order valence-corrected chi connectivity index (χ0v) is 9.95. The highest BCUT2D eigenvalue weighted by atomic mass is 32.2. The molecule has 0 aliphatic rings. The van der Waals surface area contributed by atoms with E-state index in [9.17, 15) is 13.2 Å². The Morgan fingerprint density at radius 1 is 1.56 bits per heavy atom. The molecule has 0 amide bonds. The number of sulfonamides is 1. The predicted molar refractivity (Wildman–Crippen MR) is 55.2 cm³/mol. The standard InChI is InChI=1S/C8H13N3O4S/c1-8(2,7(12)13)10-16(14,15)6-4-9-11(3)5-6/h4-5,10H,1-3H3,(H,12,13). The van der Waals surface area contributed by atoms with Crippen molar-refractivity contribution < 1.29 is 18.3 Å². The molecule has 1 aromatic rings. The highest BCUT2D eigenvalue weighted by Gasteiger charge is 2.33. The van der Waals surface area contributed by atoms with Gasteiger partial charge in [-0.1, -0.05) is 0 Å². The van der Waals surface area contributed by atoms with Crippen LogP contribution in [0.1, 0.15) is 13.8 Å².